The molecule has 0 spiro atoms. The highest BCUT2D eigenvalue weighted by Crippen LogP contribution is 2.11. The number of rotatable bonds is 3. The second kappa shape index (κ2) is 4.96. The highest BCUT2D eigenvalue weighted by atomic mass is 35.5. The van der Waals surface area contributed by atoms with Gasteiger partial charge in [0.25, 0.3) is 0 Å². The molecular formula is C10H12ClNO2. The summed E-state index contributed by atoms with van der Waals surface area (Å²) >= 11 is 5.82. The molecule has 0 bridgehead atoms. The number of halogens is 1. The van der Waals surface area contributed by atoms with Crippen molar-refractivity contribution in [3.63, 3.8) is 0 Å². The number of carbonyl (C=O) groups is 1. The molecule has 0 saturated carbocycles. The molecule has 0 aliphatic carbocycles. The van der Waals surface area contributed by atoms with Gasteiger partial charge in [0.05, 0.1) is 18.7 Å². The van der Waals surface area contributed by atoms with Crippen molar-refractivity contribution < 1.29 is 9.53 Å². The monoisotopic (exact) mass is 213 g/mol. The molecule has 76 valence electrons. The van der Waals surface area contributed by atoms with Gasteiger partial charge in [0.15, 0.2) is 0 Å². The normalized spacial score (nSPS) is 9.93. The molecule has 3 nitrogen and oxygen atoms in total. The molecule has 0 fully saturated rings. The Hall–Kier alpha value is -1.09. The molecule has 0 aliphatic rings. The minimum absolute atomic E-state index is 0.176. The van der Waals surface area contributed by atoms with E-state index in [1.165, 1.54) is 0 Å². The number of hydrogen-bond acceptors (Lipinski definition) is 3. The van der Waals surface area contributed by atoms with E-state index in [1.807, 2.05) is 6.92 Å². The number of esters is 1. The van der Waals surface area contributed by atoms with Crippen molar-refractivity contribution in [3.05, 3.63) is 28.5 Å². The van der Waals surface area contributed by atoms with Crippen LogP contribution in [0, 0.1) is 6.92 Å². The van der Waals surface area contributed by atoms with E-state index in [4.69, 9.17) is 16.3 Å². The number of nitrogens with zero attached hydrogens (tertiary/aromatic N) is 1. The molecule has 0 atom stereocenters. The topological polar surface area (TPSA) is 39.2 Å². The summed E-state index contributed by atoms with van der Waals surface area (Å²) in [6.07, 6.45) is 0.176. The van der Waals surface area contributed by atoms with Crippen LogP contribution < -0.4 is 0 Å². The van der Waals surface area contributed by atoms with Crippen molar-refractivity contribution in [1.82, 2.24) is 4.98 Å². The number of carbonyl (C=O) groups excluding carboxylic acids is 1. The van der Waals surface area contributed by atoms with Gasteiger partial charge in [-0.15, -0.1) is 0 Å². The number of ether oxygens (including phenoxy) is 1. The van der Waals surface area contributed by atoms with E-state index in [0.717, 1.165) is 5.69 Å². The van der Waals surface area contributed by atoms with Crippen molar-refractivity contribution in [1.29, 1.82) is 0 Å². The Bertz CT molecular complexity index is 319. The van der Waals surface area contributed by atoms with Crippen molar-refractivity contribution in [3.8, 4) is 0 Å². The number of pyridine rings is 1. The van der Waals surface area contributed by atoms with Gasteiger partial charge in [-0.25, -0.2) is 0 Å². The van der Waals surface area contributed by atoms with Crippen LogP contribution in [0.15, 0.2) is 12.1 Å². The Morgan fingerprint density at radius 2 is 2.29 bits per heavy atom. The van der Waals surface area contributed by atoms with Crippen LogP contribution in [0.3, 0.4) is 0 Å². The van der Waals surface area contributed by atoms with Gasteiger partial charge in [0.2, 0.25) is 0 Å². The van der Waals surface area contributed by atoms with Crippen LogP contribution in [0.4, 0.5) is 0 Å². The summed E-state index contributed by atoms with van der Waals surface area (Å²) in [5.41, 5.74) is 1.45. The quantitative estimate of drug-likeness (QED) is 0.723. The lowest BCUT2D eigenvalue weighted by molar-refractivity contribution is -0.142. The molecule has 0 amide bonds. The predicted molar refractivity (Wildman–Crippen MR) is 54.3 cm³/mol. The first kappa shape index (κ1) is 11.0. The molecule has 0 unspecified atom stereocenters. The molecule has 1 heterocycles. The minimum Gasteiger partial charge on any atom is -0.466 e. The zero-order valence-electron chi connectivity index (χ0n) is 8.21. The molecule has 1 rings (SSSR count). The van der Waals surface area contributed by atoms with Gasteiger partial charge in [-0.3, -0.25) is 9.78 Å². The van der Waals surface area contributed by atoms with Gasteiger partial charge in [-0.05, 0) is 26.0 Å². The van der Waals surface area contributed by atoms with E-state index in [1.54, 1.807) is 19.1 Å². The smallest absolute Gasteiger partial charge is 0.311 e. The maximum Gasteiger partial charge on any atom is 0.311 e. The largest absolute Gasteiger partial charge is 0.466 e. The van der Waals surface area contributed by atoms with Crippen molar-refractivity contribution >= 4 is 17.6 Å². The molecule has 1 aromatic heterocycles. The lowest BCUT2D eigenvalue weighted by atomic mass is 10.2. The van der Waals surface area contributed by atoms with Crippen LogP contribution >= 0.6 is 11.6 Å². The predicted octanol–water partition coefficient (Wildman–Crippen LogP) is 2.15. The molecule has 1 aromatic rings. The number of aromatic nitrogens is 1. The third kappa shape index (κ3) is 3.34. The summed E-state index contributed by atoms with van der Waals surface area (Å²) in [5.74, 6) is -0.276. The van der Waals surface area contributed by atoms with E-state index in [2.05, 4.69) is 4.98 Å². The second-order valence-electron chi connectivity index (χ2n) is 2.90. The van der Waals surface area contributed by atoms with Crippen LogP contribution in [0.2, 0.25) is 5.02 Å². The Morgan fingerprint density at radius 1 is 1.57 bits per heavy atom. The minimum atomic E-state index is -0.276. The second-order valence-corrected chi connectivity index (χ2v) is 3.34. The lowest BCUT2D eigenvalue weighted by Crippen LogP contribution is -2.09. The summed E-state index contributed by atoms with van der Waals surface area (Å²) in [6.45, 7) is 3.99. The van der Waals surface area contributed by atoms with Crippen LogP contribution in [0.5, 0.6) is 0 Å². The molecule has 0 saturated heterocycles. The van der Waals surface area contributed by atoms with E-state index in [9.17, 15) is 4.79 Å². The van der Waals surface area contributed by atoms with Crippen LogP contribution in [-0.2, 0) is 16.0 Å². The Balaban J connectivity index is 2.71. The third-order valence-electron chi connectivity index (χ3n) is 1.60. The fourth-order valence-corrected chi connectivity index (χ4v) is 1.43. The molecule has 0 radical (unpaired) electrons. The van der Waals surface area contributed by atoms with Gasteiger partial charge in [-0.1, -0.05) is 11.6 Å². The van der Waals surface area contributed by atoms with Crippen molar-refractivity contribution in [2.24, 2.45) is 0 Å². The van der Waals surface area contributed by atoms with Gasteiger partial charge in [0.1, 0.15) is 0 Å². The molecule has 0 aromatic carbocycles. The van der Waals surface area contributed by atoms with E-state index in [0.29, 0.717) is 17.3 Å². The van der Waals surface area contributed by atoms with Crippen LogP contribution in [0.1, 0.15) is 18.3 Å². The van der Waals surface area contributed by atoms with E-state index < -0.39 is 0 Å². The fourth-order valence-electron chi connectivity index (χ4n) is 1.14. The van der Waals surface area contributed by atoms with Gasteiger partial charge in [-0.2, -0.15) is 0 Å². The van der Waals surface area contributed by atoms with Gasteiger partial charge in [0, 0.05) is 10.7 Å². The molecular weight excluding hydrogens is 202 g/mol. The maximum atomic E-state index is 11.1. The van der Waals surface area contributed by atoms with Crippen LogP contribution in [-0.4, -0.2) is 17.6 Å². The highest BCUT2D eigenvalue weighted by molar-refractivity contribution is 6.30. The van der Waals surface area contributed by atoms with Gasteiger partial charge < -0.3 is 4.74 Å². The first-order valence-corrected chi connectivity index (χ1v) is 4.78. The third-order valence-corrected chi connectivity index (χ3v) is 1.82. The zero-order valence-corrected chi connectivity index (χ0v) is 8.97. The van der Waals surface area contributed by atoms with Crippen LogP contribution in [0.25, 0.3) is 0 Å². The highest BCUT2D eigenvalue weighted by Gasteiger charge is 2.06. The average molecular weight is 214 g/mol. The fraction of sp³-hybridized carbons (Fsp3) is 0.400. The molecule has 0 N–H and O–H groups in total. The average Bonchev–Trinajstić information content (AvgIpc) is 2.01. The molecule has 0 aliphatic heterocycles. The zero-order chi connectivity index (χ0) is 10.6. The molecule has 14 heavy (non-hydrogen) atoms. The summed E-state index contributed by atoms with van der Waals surface area (Å²) < 4.78 is 4.80. The first-order valence-electron chi connectivity index (χ1n) is 4.40. The number of aryl methyl sites for hydroxylation is 1. The lowest BCUT2D eigenvalue weighted by Gasteiger charge is -2.02. The summed E-state index contributed by atoms with van der Waals surface area (Å²) in [7, 11) is 0. The van der Waals surface area contributed by atoms with Crippen molar-refractivity contribution in [2.45, 2.75) is 20.3 Å². The van der Waals surface area contributed by atoms with E-state index >= 15 is 0 Å². The Morgan fingerprint density at radius 3 is 2.86 bits per heavy atom. The van der Waals surface area contributed by atoms with Crippen molar-refractivity contribution in [2.75, 3.05) is 6.61 Å². The number of hydrogen-bond donors (Lipinski definition) is 0. The SMILES string of the molecule is CCOC(=O)Cc1cc(Cl)cc(C)n1. The first-order chi connectivity index (χ1) is 6.61. The van der Waals surface area contributed by atoms with Gasteiger partial charge >= 0.3 is 5.97 Å². The maximum absolute atomic E-state index is 11.1. The van der Waals surface area contributed by atoms with E-state index in [-0.39, 0.29) is 12.4 Å². The summed E-state index contributed by atoms with van der Waals surface area (Å²) in [4.78, 5) is 15.3. The molecule has 4 heteroatoms. The Kier molecular flexibility index (Phi) is 3.89. The summed E-state index contributed by atoms with van der Waals surface area (Å²) in [6, 6.07) is 3.42. The Labute approximate surface area is 88.1 Å². The standard InChI is InChI=1S/C10H12ClNO2/c1-3-14-10(13)6-9-5-8(11)4-7(2)12-9/h4-5H,3,6H2,1-2H3. The summed E-state index contributed by atoms with van der Waals surface area (Å²) in [5, 5.41) is 0.594.